The maximum absolute atomic E-state index is 14.2. The SMILES string of the molecule is [2H][13C]([2H])([2H])N(C)C1CC(C)OC(OC2[C@@H](C)[C@H](OC3CC(C)(OC)C(O)C(C)O3)[C@@H](C)C(=O)OC(CC)[C@@](C)(O)[C@H](O)C(C)N(C)C[C@H](C)C[C@@]2(C)O)C1O. The third-order valence-electron chi connectivity index (χ3n) is 12.0. The van der Waals surface area contributed by atoms with Crippen LogP contribution < -0.4 is 0 Å². The van der Waals surface area contributed by atoms with E-state index in [1.54, 1.807) is 62.4 Å². The summed E-state index contributed by atoms with van der Waals surface area (Å²) in [4.78, 5) is 17.2. The average Bonchev–Trinajstić information content (AvgIpc) is 3.08. The van der Waals surface area contributed by atoms with Gasteiger partial charge in [-0.2, -0.15) is 0 Å². The quantitative estimate of drug-likeness (QED) is 0.188. The molecule has 0 amide bonds. The summed E-state index contributed by atoms with van der Waals surface area (Å²) < 4.78 is 61.3. The maximum Gasteiger partial charge on any atom is 0.311 e. The highest BCUT2D eigenvalue weighted by Crippen LogP contribution is 2.40. The number of hydrogen-bond acceptors (Lipinski definition) is 14. The van der Waals surface area contributed by atoms with Crippen LogP contribution in [-0.4, -0.2) is 166 Å². The molecule has 14 nitrogen and oxygen atoms in total. The Hall–Kier alpha value is -1.01. The van der Waals surface area contributed by atoms with Gasteiger partial charge in [-0.1, -0.05) is 20.8 Å². The molecule has 3 rings (SSSR count). The predicted molar refractivity (Wildman–Crippen MR) is 194 cm³/mol. The van der Waals surface area contributed by atoms with Gasteiger partial charge in [-0.05, 0) is 94.7 Å². The van der Waals surface area contributed by atoms with E-state index in [1.807, 2.05) is 11.8 Å². The van der Waals surface area contributed by atoms with Gasteiger partial charge in [-0.3, -0.25) is 4.79 Å². The minimum absolute atomic E-state index is 0.0761. The van der Waals surface area contributed by atoms with E-state index in [-0.39, 0.29) is 31.6 Å². The normalized spacial score (nSPS) is 50.7. The molecule has 5 N–H and O–H groups in total. The Morgan fingerprint density at radius 2 is 1.63 bits per heavy atom. The Balaban J connectivity index is 2.19. The van der Waals surface area contributed by atoms with Crippen LogP contribution in [0.15, 0.2) is 0 Å². The number of likely N-dealkylation sites (N-methyl/N-ethyl adjacent to an activating group) is 2. The van der Waals surface area contributed by atoms with Crippen LogP contribution in [0.3, 0.4) is 0 Å². The smallest absolute Gasteiger partial charge is 0.311 e. The Morgan fingerprint density at radius 1 is 1.00 bits per heavy atom. The van der Waals surface area contributed by atoms with Gasteiger partial charge in [0.05, 0.1) is 41.5 Å². The Labute approximate surface area is 316 Å². The summed E-state index contributed by atoms with van der Waals surface area (Å²) in [5.41, 5.74) is -4.60. The minimum Gasteiger partial charge on any atom is -0.459 e. The molecule has 3 saturated heterocycles. The molecule has 3 heterocycles. The first kappa shape index (κ1) is 40.6. The van der Waals surface area contributed by atoms with Crippen LogP contribution in [-0.2, 0) is 33.2 Å². The number of hydrogen-bond donors (Lipinski definition) is 5. The van der Waals surface area contributed by atoms with Crippen molar-refractivity contribution in [3.63, 3.8) is 0 Å². The Morgan fingerprint density at radius 3 is 2.21 bits per heavy atom. The lowest BCUT2D eigenvalue weighted by Crippen LogP contribution is -2.60. The minimum atomic E-state index is -2.52. The van der Waals surface area contributed by atoms with E-state index in [4.69, 9.17) is 32.5 Å². The summed E-state index contributed by atoms with van der Waals surface area (Å²) in [6.45, 7) is 14.9. The molecular formula is C38H72N2O12. The van der Waals surface area contributed by atoms with E-state index in [0.29, 0.717) is 6.54 Å². The van der Waals surface area contributed by atoms with Crippen molar-refractivity contribution in [3.8, 4) is 0 Å². The molecule has 0 aromatic heterocycles. The lowest BCUT2D eigenvalue weighted by atomic mass is 9.77. The molecule has 18 atom stereocenters. The number of carbonyl (C=O) groups excluding carboxylic acids is 1. The second-order valence-electron chi connectivity index (χ2n) is 16.8. The zero-order chi connectivity index (χ0) is 42.2. The van der Waals surface area contributed by atoms with E-state index < -0.39 is 115 Å². The van der Waals surface area contributed by atoms with E-state index in [1.165, 1.54) is 21.1 Å². The molecule has 306 valence electrons. The highest BCUT2D eigenvalue weighted by atomic mass is 16.7. The molecule has 52 heavy (non-hydrogen) atoms. The fraction of sp³-hybridized carbons (Fsp3) is 0.974. The van der Waals surface area contributed by atoms with Crippen LogP contribution in [0.2, 0.25) is 0 Å². The van der Waals surface area contributed by atoms with Crippen molar-refractivity contribution in [2.24, 2.45) is 17.8 Å². The van der Waals surface area contributed by atoms with Crippen molar-refractivity contribution < 1.29 is 62.9 Å². The van der Waals surface area contributed by atoms with Crippen molar-refractivity contribution in [1.29, 1.82) is 0 Å². The van der Waals surface area contributed by atoms with Crippen LogP contribution in [0.1, 0.15) is 99.0 Å². The number of cyclic esters (lactones) is 1. The van der Waals surface area contributed by atoms with Crippen LogP contribution >= 0.6 is 0 Å². The zero-order valence-electron chi connectivity index (χ0n) is 36.7. The molecule has 11 unspecified atom stereocenters. The fourth-order valence-corrected chi connectivity index (χ4v) is 8.61. The molecule has 0 aromatic rings. The van der Waals surface area contributed by atoms with Crippen LogP contribution in [0.5, 0.6) is 0 Å². The third-order valence-corrected chi connectivity index (χ3v) is 12.0. The van der Waals surface area contributed by atoms with Gasteiger partial charge in [-0.15, -0.1) is 0 Å². The van der Waals surface area contributed by atoms with E-state index >= 15 is 0 Å². The molecule has 0 saturated carbocycles. The second-order valence-corrected chi connectivity index (χ2v) is 16.8. The number of aliphatic hydroxyl groups excluding tert-OH is 3. The van der Waals surface area contributed by atoms with Crippen LogP contribution in [0.4, 0.5) is 0 Å². The van der Waals surface area contributed by atoms with Crippen molar-refractivity contribution >= 4 is 5.97 Å². The first-order valence-electron chi connectivity index (χ1n) is 20.4. The fourth-order valence-electron chi connectivity index (χ4n) is 8.61. The number of rotatable bonds is 7. The summed E-state index contributed by atoms with van der Waals surface area (Å²) >= 11 is 0. The summed E-state index contributed by atoms with van der Waals surface area (Å²) in [7, 11) is 4.68. The molecule has 0 bridgehead atoms. The molecule has 3 aliphatic heterocycles. The van der Waals surface area contributed by atoms with Gasteiger partial charge in [0.15, 0.2) is 12.6 Å². The summed E-state index contributed by atoms with van der Waals surface area (Å²) in [6.07, 6.45) is -10.2. The molecule has 3 fully saturated rings. The molecule has 0 radical (unpaired) electrons. The Kier molecular flexibility index (Phi) is 14.0. The van der Waals surface area contributed by atoms with Crippen molar-refractivity contribution in [1.82, 2.24) is 9.80 Å². The van der Waals surface area contributed by atoms with E-state index in [0.717, 1.165) is 4.90 Å². The standard InChI is InChI=1S/C38H72N2O12/c1-15-27-38(10,46)31(42)24(6)40(13)19-20(2)17-36(8,45)33(52-35-29(41)26(39(11)12)16-21(3)48-35)22(4)30(23(5)34(44)50-27)51-28-18-37(9,47-14)32(43)25(7)49-28/h20-33,35,41-43,45-46H,15-19H2,1-14H3/t20-,21?,22+,23-,24?,25?,26?,27?,28?,29?,30+,31-,32?,33?,35?,36-,37?,38-/m1/s1/i11+1D3. The molecule has 0 spiro atoms. The zero-order valence-corrected chi connectivity index (χ0v) is 33.7. The van der Waals surface area contributed by atoms with Gasteiger partial charge in [0.1, 0.15) is 30.0 Å². The van der Waals surface area contributed by atoms with Gasteiger partial charge in [0.2, 0.25) is 0 Å². The number of ether oxygens (including phenoxy) is 6. The molecule has 14 heteroatoms. The van der Waals surface area contributed by atoms with Crippen LogP contribution in [0.25, 0.3) is 0 Å². The van der Waals surface area contributed by atoms with Gasteiger partial charge in [0, 0.05) is 42.2 Å². The van der Waals surface area contributed by atoms with Crippen molar-refractivity contribution in [2.75, 3.05) is 34.7 Å². The largest absolute Gasteiger partial charge is 0.459 e. The summed E-state index contributed by atoms with van der Waals surface area (Å²) in [5.74, 6) is -2.94. The van der Waals surface area contributed by atoms with Gasteiger partial charge < -0.3 is 63.8 Å². The Bertz CT molecular complexity index is 1250. The number of esters is 1. The van der Waals surface area contributed by atoms with Crippen molar-refractivity contribution in [2.45, 2.75) is 185 Å². The first-order valence-corrected chi connectivity index (χ1v) is 18.9. The molecular weight excluding hydrogens is 677 g/mol. The van der Waals surface area contributed by atoms with E-state index in [9.17, 15) is 30.3 Å². The monoisotopic (exact) mass is 753 g/mol. The molecule has 3 aliphatic rings. The number of nitrogens with zero attached hydrogens (tertiary/aromatic N) is 2. The average molecular weight is 753 g/mol. The highest BCUT2D eigenvalue weighted by Gasteiger charge is 2.52. The second kappa shape index (κ2) is 17.8. The van der Waals surface area contributed by atoms with Gasteiger partial charge in [0.25, 0.3) is 0 Å². The molecule has 0 aromatic carbocycles. The maximum atomic E-state index is 14.2. The number of carbonyl (C=O) groups is 1. The summed E-state index contributed by atoms with van der Waals surface area (Å²) in [6, 6.07) is -1.46. The predicted octanol–water partition coefficient (Wildman–Crippen LogP) is 1.90. The number of methoxy groups -OCH3 is 1. The topological polar surface area (TPSA) is 180 Å². The van der Waals surface area contributed by atoms with E-state index in [2.05, 4.69) is 0 Å². The van der Waals surface area contributed by atoms with Gasteiger partial charge in [-0.25, -0.2) is 0 Å². The third kappa shape index (κ3) is 10.0. The first-order chi connectivity index (χ1) is 25.1. The van der Waals surface area contributed by atoms with Crippen molar-refractivity contribution in [3.05, 3.63) is 0 Å². The number of aliphatic hydroxyl groups is 5. The summed E-state index contributed by atoms with van der Waals surface area (Å²) in [5, 5.41) is 58.3. The lowest BCUT2D eigenvalue weighted by molar-refractivity contribution is -0.318. The molecule has 0 aliphatic carbocycles. The van der Waals surface area contributed by atoms with Gasteiger partial charge >= 0.3 is 5.97 Å². The highest BCUT2D eigenvalue weighted by molar-refractivity contribution is 5.73. The lowest BCUT2D eigenvalue weighted by Gasteiger charge is -2.48. The van der Waals surface area contributed by atoms with Crippen LogP contribution in [0, 0.1) is 17.8 Å².